The van der Waals surface area contributed by atoms with Crippen LogP contribution in [0.2, 0.25) is 0 Å². The first kappa shape index (κ1) is 14.9. The van der Waals surface area contributed by atoms with E-state index in [1.807, 2.05) is 12.3 Å². The van der Waals surface area contributed by atoms with Crippen molar-refractivity contribution in [1.82, 2.24) is 14.0 Å². The average Bonchev–Trinajstić information content (AvgIpc) is 2.82. The zero-order valence-corrected chi connectivity index (χ0v) is 12.6. The highest BCUT2D eigenvalue weighted by Gasteiger charge is 2.27. The van der Waals surface area contributed by atoms with Gasteiger partial charge in [0.2, 0.25) is 0 Å². The summed E-state index contributed by atoms with van der Waals surface area (Å²) in [7, 11) is -3.40. The van der Waals surface area contributed by atoms with Crippen LogP contribution in [0, 0.1) is 12.8 Å². The van der Waals surface area contributed by atoms with Crippen LogP contribution in [0.5, 0.6) is 0 Å². The predicted molar refractivity (Wildman–Crippen MR) is 76.0 cm³/mol. The van der Waals surface area contributed by atoms with Gasteiger partial charge < -0.3 is 5.73 Å². The van der Waals surface area contributed by atoms with E-state index in [0.717, 1.165) is 23.5 Å². The summed E-state index contributed by atoms with van der Waals surface area (Å²) in [6, 6.07) is 0. The lowest BCUT2D eigenvalue weighted by Gasteiger charge is -2.30. The van der Waals surface area contributed by atoms with E-state index in [1.165, 1.54) is 15.6 Å². The maximum absolute atomic E-state index is 12.1. The fraction of sp³-hybridized carbons (Fsp3) is 0.727. The zero-order chi connectivity index (χ0) is 13.9. The molecule has 6 nitrogen and oxygen atoms in total. The van der Waals surface area contributed by atoms with Crippen LogP contribution in [-0.4, -0.2) is 37.3 Å². The molecule has 8 heteroatoms. The number of aromatic nitrogens is 1. The smallest absolute Gasteiger partial charge is 0.279 e. The minimum absolute atomic E-state index is 0.253. The molecule has 1 aromatic rings. The lowest BCUT2D eigenvalue weighted by molar-refractivity contribution is 0.275. The Hall–Kier alpha value is -0.540. The van der Waals surface area contributed by atoms with Crippen molar-refractivity contribution in [3.8, 4) is 0 Å². The van der Waals surface area contributed by atoms with Gasteiger partial charge in [-0.05, 0) is 32.2 Å². The fourth-order valence-electron chi connectivity index (χ4n) is 2.13. The van der Waals surface area contributed by atoms with Gasteiger partial charge in [-0.1, -0.05) is 0 Å². The van der Waals surface area contributed by atoms with Crippen LogP contribution < -0.4 is 10.5 Å². The van der Waals surface area contributed by atoms with E-state index in [0.29, 0.717) is 25.6 Å². The normalized spacial score (nSPS) is 18.8. The Morgan fingerprint density at radius 3 is 2.74 bits per heavy atom. The molecule has 1 aromatic heterocycles. The van der Waals surface area contributed by atoms with Crippen LogP contribution >= 0.6 is 11.3 Å². The summed E-state index contributed by atoms with van der Waals surface area (Å²) in [5.41, 5.74) is 6.37. The van der Waals surface area contributed by atoms with Gasteiger partial charge in [-0.15, -0.1) is 11.3 Å². The molecule has 0 unspecified atom stereocenters. The summed E-state index contributed by atoms with van der Waals surface area (Å²) in [6.07, 6.45) is 1.68. The molecule has 3 N–H and O–H groups in total. The summed E-state index contributed by atoms with van der Waals surface area (Å²) in [5.74, 6) is 0.452. The van der Waals surface area contributed by atoms with E-state index >= 15 is 0 Å². The van der Waals surface area contributed by atoms with Crippen LogP contribution in [0.1, 0.15) is 23.5 Å². The molecule has 2 rings (SSSR count). The van der Waals surface area contributed by atoms with E-state index in [9.17, 15) is 8.42 Å². The lowest BCUT2D eigenvalue weighted by Crippen LogP contribution is -2.45. The molecule has 0 aliphatic carbocycles. The molecule has 0 spiro atoms. The Morgan fingerprint density at radius 2 is 2.21 bits per heavy atom. The highest BCUT2D eigenvalue weighted by atomic mass is 32.2. The minimum Gasteiger partial charge on any atom is -0.330 e. The van der Waals surface area contributed by atoms with Gasteiger partial charge in [0.15, 0.2) is 0 Å². The van der Waals surface area contributed by atoms with Gasteiger partial charge in [0.05, 0.1) is 17.2 Å². The molecule has 0 bridgehead atoms. The SMILES string of the molecule is Cc1nc(CNS(=O)(=O)N2CCC(CN)CC2)cs1. The highest BCUT2D eigenvalue weighted by molar-refractivity contribution is 7.87. The molecule has 0 atom stereocenters. The van der Waals surface area contributed by atoms with E-state index in [2.05, 4.69) is 9.71 Å². The first-order valence-corrected chi connectivity index (χ1v) is 8.69. The average molecular weight is 304 g/mol. The van der Waals surface area contributed by atoms with Gasteiger partial charge in [-0.2, -0.15) is 17.4 Å². The number of hydrogen-bond donors (Lipinski definition) is 2. The molecule has 0 saturated carbocycles. The molecule has 0 amide bonds. The third-order valence-corrected chi connectivity index (χ3v) is 5.73. The third kappa shape index (κ3) is 3.96. The number of nitrogens with zero attached hydrogens (tertiary/aromatic N) is 2. The quantitative estimate of drug-likeness (QED) is 0.827. The molecule has 1 aliphatic heterocycles. The Labute approximate surface area is 118 Å². The standard InChI is InChI=1S/C11H20N4O2S2/c1-9-14-11(8-18-9)7-13-19(16,17)15-4-2-10(6-12)3-5-15/h8,10,13H,2-7,12H2,1H3. The van der Waals surface area contributed by atoms with Crippen molar-refractivity contribution in [3.63, 3.8) is 0 Å². The van der Waals surface area contributed by atoms with Gasteiger partial charge >= 0.3 is 0 Å². The van der Waals surface area contributed by atoms with Gasteiger partial charge in [0.1, 0.15) is 0 Å². The molecule has 2 heterocycles. The van der Waals surface area contributed by atoms with Crippen molar-refractivity contribution in [1.29, 1.82) is 0 Å². The Morgan fingerprint density at radius 1 is 1.53 bits per heavy atom. The van der Waals surface area contributed by atoms with E-state index in [4.69, 9.17) is 5.73 Å². The molecule has 0 aromatic carbocycles. The number of piperidine rings is 1. The number of nitrogens with one attached hydrogen (secondary N) is 1. The maximum atomic E-state index is 12.1. The zero-order valence-electron chi connectivity index (χ0n) is 11.0. The van der Waals surface area contributed by atoms with Crippen LogP contribution in [0.3, 0.4) is 0 Å². The second-order valence-corrected chi connectivity index (χ2v) is 7.58. The highest BCUT2D eigenvalue weighted by Crippen LogP contribution is 2.18. The second-order valence-electron chi connectivity index (χ2n) is 4.76. The number of nitrogens with two attached hydrogens (primary N) is 1. The summed E-state index contributed by atoms with van der Waals surface area (Å²) in [4.78, 5) is 4.24. The first-order valence-electron chi connectivity index (χ1n) is 6.37. The van der Waals surface area contributed by atoms with Crippen molar-refractivity contribution < 1.29 is 8.42 Å². The Kier molecular flexibility index (Phi) is 4.91. The Bertz CT molecular complexity index is 507. The molecule has 1 saturated heterocycles. The monoisotopic (exact) mass is 304 g/mol. The summed E-state index contributed by atoms with van der Waals surface area (Å²) in [6.45, 7) is 3.89. The molecule has 108 valence electrons. The van der Waals surface area contributed by atoms with Gasteiger partial charge in [-0.3, -0.25) is 0 Å². The van der Waals surface area contributed by atoms with Crippen molar-refractivity contribution >= 4 is 21.5 Å². The maximum Gasteiger partial charge on any atom is 0.279 e. The van der Waals surface area contributed by atoms with Crippen LogP contribution in [0.15, 0.2) is 5.38 Å². The largest absolute Gasteiger partial charge is 0.330 e. The van der Waals surface area contributed by atoms with Gasteiger partial charge in [0.25, 0.3) is 10.2 Å². The molecular formula is C11H20N4O2S2. The first-order chi connectivity index (χ1) is 9.01. The van der Waals surface area contributed by atoms with Crippen molar-refractivity contribution in [2.75, 3.05) is 19.6 Å². The summed E-state index contributed by atoms with van der Waals surface area (Å²) in [5, 5.41) is 2.82. The number of thiazole rings is 1. The van der Waals surface area contributed by atoms with Crippen molar-refractivity contribution in [2.45, 2.75) is 26.3 Å². The molecular weight excluding hydrogens is 284 g/mol. The summed E-state index contributed by atoms with van der Waals surface area (Å²) < 4.78 is 28.3. The van der Waals surface area contributed by atoms with Crippen molar-refractivity contribution in [2.24, 2.45) is 11.7 Å². The topological polar surface area (TPSA) is 88.3 Å². The number of aryl methyl sites for hydroxylation is 1. The molecule has 1 fully saturated rings. The van der Waals surface area contributed by atoms with Crippen LogP contribution in [-0.2, 0) is 16.8 Å². The number of rotatable bonds is 5. The molecule has 19 heavy (non-hydrogen) atoms. The van der Waals surface area contributed by atoms with Crippen molar-refractivity contribution in [3.05, 3.63) is 16.1 Å². The predicted octanol–water partition coefficient (Wildman–Crippen LogP) is 0.457. The Balaban J connectivity index is 1.88. The van der Waals surface area contributed by atoms with Gasteiger partial charge in [-0.25, -0.2) is 4.98 Å². The second kappa shape index (κ2) is 6.27. The minimum atomic E-state index is -3.40. The van der Waals surface area contributed by atoms with Crippen LogP contribution in [0.4, 0.5) is 0 Å². The summed E-state index contributed by atoms with van der Waals surface area (Å²) >= 11 is 1.52. The fourth-order valence-corrected chi connectivity index (χ4v) is 3.95. The van der Waals surface area contributed by atoms with Gasteiger partial charge in [0, 0.05) is 18.5 Å². The molecule has 0 radical (unpaired) electrons. The molecule has 1 aliphatic rings. The van der Waals surface area contributed by atoms with Crippen LogP contribution in [0.25, 0.3) is 0 Å². The lowest BCUT2D eigenvalue weighted by atomic mass is 9.99. The van der Waals surface area contributed by atoms with E-state index < -0.39 is 10.2 Å². The third-order valence-electron chi connectivity index (χ3n) is 3.35. The number of hydrogen-bond acceptors (Lipinski definition) is 5. The van der Waals surface area contributed by atoms with E-state index in [-0.39, 0.29) is 6.54 Å². The van der Waals surface area contributed by atoms with E-state index in [1.54, 1.807) is 0 Å².